The number of rotatable bonds is 5. The maximum Gasteiger partial charge on any atom is 0.191 e. The van der Waals surface area contributed by atoms with Crippen LogP contribution in [0.3, 0.4) is 0 Å². The molecule has 3 fully saturated rings. The molecule has 3 saturated heterocycles. The molecule has 144 valence electrons. The van der Waals surface area contributed by atoms with E-state index in [2.05, 4.69) is 15.5 Å². The Morgan fingerprint density at radius 1 is 1.40 bits per heavy atom. The number of nitrogens with one attached hydrogen (secondary N) is 2. The molecule has 3 rings (SSSR count). The molecule has 3 aliphatic rings. The molecule has 0 spiro atoms. The molecule has 0 radical (unpaired) electrons. The van der Waals surface area contributed by atoms with Crippen LogP contribution in [-0.2, 0) is 14.6 Å². The highest BCUT2D eigenvalue weighted by atomic mass is 32.2. The van der Waals surface area contributed by atoms with E-state index in [1.165, 1.54) is 5.75 Å². The normalized spacial score (nSPS) is 33.5. The van der Waals surface area contributed by atoms with E-state index in [0.29, 0.717) is 6.42 Å². The summed E-state index contributed by atoms with van der Waals surface area (Å²) >= 11 is 2.00. The van der Waals surface area contributed by atoms with Crippen molar-refractivity contribution >= 4 is 27.6 Å². The van der Waals surface area contributed by atoms with Crippen molar-refractivity contribution in [1.29, 1.82) is 0 Å². The van der Waals surface area contributed by atoms with Gasteiger partial charge in [0.25, 0.3) is 0 Å². The average Bonchev–Trinajstić information content (AvgIpc) is 3.21. The third kappa shape index (κ3) is 5.02. The molecule has 0 aromatic carbocycles. The Labute approximate surface area is 155 Å². The van der Waals surface area contributed by atoms with Crippen LogP contribution in [0.15, 0.2) is 4.99 Å². The lowest BCUT2D eigenvalue weighted by atomic mass is 9.96. The number of morpholine rings is 1. The van der Waals surface area contributed by atoms with Crippen LogP contribution in [0.5, 0.6) is 0 Å². The van der Waals surface area contributed by atoms with E-state index < -0.39 is 9.84 Å². The van der Waals surface area contributed by atoms with Gasteiger partial charge in [0, 0.05) is 31.4 Å². The zero-order valence-corrected chi connectivity index (χ0v) is 16.6. The second-order valence-electron chi connectivity index (χ2n) is 7.07. The van der Waals surface area contributed by atoms with Crippen molar-refractivity contribution in [3.8, 4) is 0 Å². The first kappa shape index (κ1) is 19.3. The van der Waals surface area contributed by atoms with Gasteiger partial charge in [0.15, 0.2) is 15.8 Å². The summed E-state index contributed by atoms with van der Waals surface area (Å²) in [7, 11) is -2.89. The van der Waals surface area contributed by atoms with Gasteiger partial charge in [-0.1, -0.05) is 0 Å². The van der Waals surface area contributed by atoms with Crippen molar-refractivity contribution in [2.45, 2.75) is 31.3 Å². The summed E-state index contributed by atoms with van der Waals surface area (Å²) < 4.78 is 28.9. The van der Waals surface area contributed by atoms with Crippen LogP contribution in [0.4, 0.5) is 0 Å². The van der Waals surface area contributed by atoms with Crippen molar-refractivity contribution < 1.29 is 13.2 Å². The van der Waals surface area contributed by atoms with E-state index in [4.69, 9.17) is 9.73 Å². The monoisotopic (exact) mass is 390 g/mol. The van der Waals surface area contributed by atoms with Gasteiger partial charge in [-0.15, -0.1) is 0 Å². The third-order valence-electron chi connectivity index (χ3n) is 5.21. The van der Waals surface area contributed by atoms with Gasteiger partial charge in [-0.05, 0) is 25.5 Å². The first-order chi connectivity index (χ1) is 12.0. The SMILES string of the molecule is CCNC(=NCC1(N2CCOCC2)CCSC1)NC1CCS(=O)(=O)C1. The van der Waals surface area contributed by atoms with Crippen LogP contribution < -0.4 is 10.6 Å². The summed E-state index contributed by atoms with van der Waals surface area (Å²) in [5, 5.41) is 6.60. The lowest BCUT2D eigenvalue weighted by molar-refractivity contribution is -0.0104. The fourth-order valence-electron chi connectivity index (χ4n) is 3.76. The predicted molar refractivity (Wildman–Crippen MR) is 103 cm³/mol. The van der Waals surface area contributed by atoms with E-state index in [1.807, 2.05) is 18.7 Å². The third-order valence-corrected chi connectivity index (χ3v) is 8.22. The highest BCUT2D eigenvalue weighted by molar-refractivity contribution is 7.99. The van der Waals surface area contributed by atoms with E-state index in [0.717, 1.165) is 57.5 Å². The second-order valence-corrected chi connectivity index (χ2v) is 10.4. The molecule has 3 heterocycles. The Kier molecular flexibility index (Phi) is 6.51. The quantitative estimate of drug-likeness (QED) is 0.502. The number of hydrogen-bond acceptors (Lipinski definition) is 6. The Bertz CT molecular complexity index is 570. The van der Waals surface area contributed by atoms with Crippen LogP contribution in [0, 0.1) is 0 Å². The number of sulfone groups is 1. The van der Waals surface area contributed by atoms with E-state index in [-0.39, 0.29) is 23.1 Å². The van der Waals surface area contributed by atoms with E-state index in [1.54, 1.807) is 0 Å². The molecule has 0 bridgehead atoms. The summed E-state index contributed by atoms with van der Waals surface area (Å²) in [6.07, 6.45) is 1.82. The van der Waals surface area contributed by atoms with Crippen LogP contribution in [0.25, 0.3) is 0 Å². The molecule has 0 amide bonds. The Morgan fingerprint density at radius 3 is 2.80 bits per heavy atom. The molecule has 0 aromatic rings. The number of thioether (sulfide) groups is 1. The fraction of sp³-hybridized carbons (Fsp3) is 0.938. The van der Waals surface area contributed by atoms with E-state index >= 15 is 0 Å². The van der Waals surface area contributed by atoms with Crippen molar-refractivity contribution in [3.05, 3.63) is 0 Å². The maximum absolute atomic E-state index is 11.7. The van der Waals surface area contributed by atoms with Gasteiger partial charge in [0.05, 0.1) is 36.8 Å². The number of hydrogen-bond donors (Lipinski definition) is 2. The Hall–Kier alpha value is -0.510. The number of guanidine groups is 1. The molecule has 0 aliphatic carbocycles. The van der Waals surface area contributed by atoms with Crippen molar-refractivity contribution in [2.24, 2.45) is 4.99 Å². The van der Waals surface area contributed by atoms with Gasteiger partial charge in [-0.3, -0.25) is 9.89 Å². The zero-order valence-electron chi connectivity index (χ0n) is 15.0. The molecule has 7 nitrogen and oxygen atoms in total. The topological polar surface area (TPSA) is 83.0 Å². The standard InChI is InChI=1S/C16H30N4O3S2/c1-2-17-15(19-14-3-10-25(21,22)11-14)18-12-16(4-9-24-13-16)20-5-7-23-8-6-20/h14H,2-13H2,1H3,(H2,17,18,19). The Morgan fingerprint density at radius 2 is 2.20 bits per heavy atom. The van der Waals surface area contributed by atoms with Gasteiger partial charge in [0.2, 0.25) is 0 Å². The molecule has 9 heteroatoms. The van der Waals surface area contributed by atoms with Crippen LogP contribution in [0.1, 0.15) is 19.8 Å². The zero-order chi connectivity index (χ0) is 17.8. The average molecular weight is 391 g/mol. The molecular weight excluding hydrogens is 360 g/mol. The molecule has 0 saturated carbocycles. The van der Waals surface area contributed by atoms with Gasteiger partial charge in [-0.25, -0.2) is 8.42 Å². The second kappa shape index (κ2) is 8.45. The first-order valence-electron chi connectivity index (χ1n) is 9.19. The fourth-order valence-corrected chi connectivity index (χ4v) is 6.90. The summed E-state index contributed by atoms with van der Waals surface area (Å²) in [6, 6.07) is -0.0277. The smallest absolute Gasteiger partial charge is 0.191 e. The molecule has 2 N–H and O–H groups in total. The minimum Gasteiger partial charge on any atom is -0.379 e. The maximum atomic E-state index is 11.7. The highest BCUT2D eigenvalue weighted by Gasteiger charge is 2.40. The van der Waals surface area contributed by atoms with Crippen molar-refractivity contribution in [3.63, 3.8) is 0 Å². The number of nitrogens with zero attached hydrogens (tertiary/aromatic N) is 2. The van der Waals surface area contributed by atoms with Crippen molar-refractivity contribution in [1.82, 2.24) is 15.5 Å². The summed E-state index contributed by atoms with van der Waals surface area (Å²) in [6.45, 7) is 7.09. The minimum absolute atomic E-state index is 0.0277. The molecule has 25 heavy (non-hydrogen) atoms. The summed E-state index contributed by atoms with van der Waals surface area (Å²) in [4.78, 5) is 7.40. The lowest BCUT2D eigenvalue weighted by Gasteiger charge is -2.42. The molecule has 2 atom stereocenters. The number of aliphatic imine (C=N–C) groups is 1. The molecule has 0 aromatic heterocycles. The van der Waals surface area contributed by atoms with Crippen LogP contribution in [-0.4, -0.2) is 93.3 Å². The van der Waals surface area contributed by atoms with Gasteiger partial charge < -0.3 is 15.4 Å². The summed E-state index contributed by atoms with van der Waals surface area (Å²) in [5.41, 5.74) is 0.110. The summed E-state index contributed by atoms with van der Waals surface area (Å²) in [5.74, 6) is 3.51. The predicted octanol–water partition coefficient (Wildman–Crippen LogP) is -0.0635. The van der Waals surface area contributed by atoms with Gasteiger partial charge >= 0.3 is 0 Å². The lowest BCUT2D eigenvalue weighted by Crippen LogP contribution is -2.56. The van der Waals surface area contributed by atoms with Crippen molar-refractivity contribution in [2.75, 3.05) is 62.4 Å². The van der Waals surface area contributed by atoms with Gasteiger partial charge in [-0.2, -0.15) is 11.8 Å². The first-order valence-corrected chi connectivity index (χ1v) is 12.2. The molecule has 2 unspecified atom stereocenters. The van der Waals surface area contributed by atoms with E-state index in [9.17, 15) is 8.42 Å². The van der Waals surface area contributed by atoms with Gasteiger partial charge in [0.1, 0.15) is 0 Å². The van der Waals surface area contributed by atoms with Crippen LogP contribution >= 0.6 is 11.8 Å². The largest absolute Gasteiger partial charge is 0.379 e. The molecule has 3 aliphatic heterocycles. The highest BCUT2D eigenvalue weighted by Crippen LogP contribution is 2.34. The number of ether oxygens (including phenoxy) is 1. The molecular formula is C16H30N4O3S2. The Balaban J connectivity index is 1.66. The van der Waals surface area contributed by atoms with Crippen LogP contribution in [0.2, 0.25) is 0 Å². The minimum atomic E-state index is -2.89.